The third-order valence-corrected chi connectivity index (χ3v) is 5.50. The Labute approximate surface area is 144 Å². The Morgan fingerprint density at radius 2 is 1.17 bits per heavy atom. The summed E-state index contributed by atoms with van der Waals surface area (Å²) in [6.45, 7) is 9.40. The Hall–Kier alpha value is -0.745. The highest BCUT2D eigenvalue weighted by atomic mass is 19.5. The maximum Gasteiger partial charge on any atom is 0.673 e. The molecule has 2 aliphatic rings. The van der Waals surface area contributed by atoms with Crippen molar-refractivity contribution >= 4 is 13.6 Å². The Bertz CT molecular complexity index is 369. The van der Waals surface area contributed by atoms with Crippen molar-refractivity contribution in [2.75, 3.05) is 0 Å². The molecule has 7 heteroatoms. The fraction of sp³-hybridized carbons (Fsp3) is 0.941. The van der Waals surface area contributed by atoms with Gasteiger partial charge in [0.1, 0.15) is 0 Å². The van der Waals surface area contributed by atoms with E-state index < -0.39 is 7.25 Å². The maximum atomic E-state index is 9.75. The summed E-state index contributed by atoms with van der Waals surface area (Å²) in [5.41, 5.74) is 0. The first-order valence-corrected chi connectivity index (χ1v) is 9.52. The molecule has 2 saturated heterocycles. The van der Waals surface area contributed by atoms with Gasteiger partial charge in [0.05, 0.1) is 24.2 Å². The van der Waals surface area contributed by atoms with Gasteiger partial charge in [0.25, 0.3) is 0 Å². The zero-order valence-electron chi connectivity index (χ0n) is 15.5. The highest BCUT2D eigenvalue weighted by Crippen LogP contribution is 2.29. The van der Waals surface area contributed by atoms with Crippen molar-refractivity contribution in [3.8, 4) is 0 Å². The molecule has 2 rings (SSSR count). The topological polar surface area (TPSA) is 6.25 Å². The minimum absolute atomic E-state index is 0.792. The van der Waals surface area contributed by atoms with Crippen LogP contribution < -0.4 is 0 Å². The van der Waals surface area contributed by atoms with Crippen LogP contribution >= 0.6 is 0 Å². The molecule has 0 bridgehead atoms. The van der Waals surface area contributed by atoms with Gasteiger partial charge in [-0.15, -0.1) is 0 Å². The van der Waals surface area contributed by atoms with Gasteiger partial charge >= 0.3 is 7.25 Å². The fourth-order valence-electron chi connectivity index (χ4n) is 4.15. The molecule has 0 aliphatic carbocycles. The van der Waals surface area contributed by atoms with Crippen LogP contribution in [0.5, 0.6) is 0 Å². The first-order valence-electron chi connectivity index (χ1n) is 9.52. The molecule has 0 aromatic carbocycles. The second kappa shape index (κ2) is 9.66. The number of hydrogen-bond donors (Lipinski definition) is 0. The van der Waals surface area contributed by atoms with Gasteiger partial charge in [-0.1, -0.05) is 27.7 Å². The summed E-state index contributed by atoms with van der Waals surface area (Å²) in [6, 6.07) is 3.17. The summed E-state index contributed by atoms with van der Waals surface area (Å²) >= 11 is 0. The Balaban J connectivity index is 0.000000505. The average molecular weight is 352 g/mol. The van der Waals surface area contributed by atoms with E-state index in [9.17, 15) is 17.3 Å². The summed E-state index contributed by atoms with van der Waals surface area (Å²) in [6.07, 6.45) is 13.3. The molecule has 0 unspecified atom stereocenters. The standard InChI is InChI=1S/C17H33N2.BF4/c1-5-14-9-10-15(6-2)18(14)13-19-16(7-3)11-12-17(19)8-4;2-1(3,4)5/h13-17H,5-12H2,1-4H3;/q+1;-1/t14-,15-,16-,17-;/m0./s1. The van der Waals surface area contributed by atoms with Crippen molar-refractivity contribution in [3.05, 3.63) is 0 Å². The maximum absolute atomic E-state index is 9.75. The van der Waals surface area contributed by atoms with Crippen LogP contribution in [0, 0.1) is 0 Å². The highest BCUT2D eigenvalue weighted by molar-refractivity contribution is 6.50. The van der Waals surface area contributed by atoms with Crippen molar-refractivity contribution in [2.45, 2.75) is 103 Å². The van der Waals surface area contributed by atoms with Crippen LogP contribution in [0.15, 0.2) is 0 Å². The van der Waals surface area contributed by atoms with Gasteiger partial charge in [0.15, 0.2) is 0 Å². The molecule has 2 aliphatic heterocycles. The number of nitrogens with zero attached hydrogens (tertiary/aromatic N) is 2. The van der Waals surface area contributed by atoms with E-state index in [4.69, 9.17) is 0 Å². The largest absolute Gasteiger partial charge is 0.673 e. The molecular weight excluding hydrogens is 319 g/mol. The van der Waals surface area contributed by atoms with Gasteiger partial charge < -0.3 is 17.3 Å². The quantitative estimate of drug-likeness (QED) is 0.280. The van der Waals surface area contributed by atoms with Crippen LogP contribution in [0.1, 0.15) is 79.1 Å². The number of hydrogen-bond acceptors (Lipinski definition) is 0. The summed E-state index contributed by atoms with van der Waals surface area (Å²) < 4.78 is 41.7. The van der Waals surface area contributed by atoms with Gasteiger partial charge in [-0.05, 0) is 51.4 Å². The molecule has 0 spiro atoms. The highest BCUT2D eigenvalue weighted by Gasteiger charge is 2.38. The van der Waals surface area contributed by atoms with E-state index in [0.29, 0.717) is 0 Å². The van der Waals surface area contributed by atoms with Crippen LogP contribution in [0.2, 0.25) is 0 Å². The number of halogens is 4. The number of likely N-dealkylation sites (tertiary alicyclic amines) is 1. The molecule has 142 valence electrons. The predicted molar refractivity (Wildman–Crippen MR) is 93.1 cm³/mol. The molecule has 2 nitrogen and oxygen atoms in total. The zero-order chi connectivity index (χ0) is 18.3. The van der Waals surface area contributed by atoms with E-state index in [1.54, 1.807) is 0 Å². The van der Waals surface area contributed by atoms with Gasteiger partial charge in [-0.3, -0.25) is 9.48 Å². The molecule has 2 heterocycles. The lowest BCUT2D eigenvalue weighted by Crippen LogP contribution is -2.40. The summed E-state index contributed by atoms with van der Waals surface area (Å²) in [5, 5.41) is 0. The van der Waals surface area contributed by atoms with Gasteiger partial charge in [-0.25, -0.2) is 0 Å². The molecule has 0 aromatic rings. The summed E-state index contributed by atoms with van der Waals surface area (Å²) in [7, 11) is -6.00. The first-order chi connectivity index (χ1) is 11.2. The smallest absolute Gasteiger partial charge is 0.418 e. The lowest BCUT2D eigenvalue weighted by atomic mass is 10.1. The Kier molecular flexibility index (Phi) is 8.58. The second-order valence-corrected chi connectivity index (χ2v) is 6.91. The molecule has 0 N–H and O–H groups in total. The minimum atomic E-state index is -6.00. The third-order valence-electron chi connectivity index (χ3n) is 5.50. The van der Waals surface area contributed by atoms with Crippen molar-refractivity contribution in [3.63, 3.8) is 0 Å². The molecule has 0 radical (unpaired) electrons. The summed E-state index contributed by atoms with van der Waals surface area (Å²) in [5.74, 6) is 0. The molecule has 0 aromatic heterocycles. The van der Waals surface area contributed by atoms with Gasteiger partial charge in [-0.2, -0.15) is 0 Å². The lowest BCUT2D eigenvalue weighted by molar-refractivity contribution is -0.579. The second-order valence-electron chi connectivity index (χ2n) is 6.91. The molecule has 0 amide bonds. The van der Waals surface area contributed by atoms with E-state index in [0.717, 1.165) is 24.2 Å². The lowest BCUT2D eigenvalue weighted by Gasteiger charge is -2.24. The molecule has 0 saturated carbocycles. The predicted octanol–water partition coefficient (Wildman–Crippen LogP) is 5.33. The number of rotatable bonds is 5. The van der Waals surface area contributed by atoms with Gasteiger partial charge in [0.2, 0.25) is 6.34 Å². The van der Waals surface area contributed by atoms with E-state index in [1.807, 2.05) is 0 Å². The Morgan fingerprint density at radius 3 is 1.46 bits per heavy atom. The average Bonchev–Trinajstić information content (AvgIpc) is 3.09. The molecule has 4 atom stereocenters. The first kappa shape index (κ1) is 21.3. The van der Waals surface area contributed by atoms with E-state index in [2.05, 4.69) is 43.5 Å². The zero-order valence-corrected chi connectivity index (χ0v) is 15.5. The molecule has 24 heavy (non-hydrogen) atoms. The monoisotopic (exact) mass is 352 g/mol. The van der Waals surface area contributed by atoms with Crippen LogP contribution in [-0.2, 0) is 0 Å². The van der Waals surface area contributed by atoms with Crippen molar-refractivity contribution in [1.29, 1.82) is 0 Å². The summed E-state index contributed by atoms with van der Waals surface area (Å²) in [4.78, 5) is 2.72. The van der Waals surface area contributed by atoms with Crippen molar-refractivity contribution < 1.29 is 21.8 Å². The van der Waals surface area contributed by atoms with Crippen LogP contribution in [0.3, 0.4) is 0 Å². The van der Waals surface area contributed by atoms with Crippen molar-refractivity contribution in [1.82, 2.24) is 4.90 Å². The van der Waals surface area contributed by atoms with Crippen molar-refractivity contribution in [2.24, 2.45) is 0 Å². The molecule has 2 fully saturated rings. The SMILES string of the molecule is CC[C@H]1CC[C@H](CC)N1C=[N+]1[C@@H](CC)CC[C@@H]1CC.F[B-](F)(F)F. The van der Waals surface area contributed by atoms with E-state index in [-0.39, 0.29) is 0 Å². The normalized spacial score (nSPS) is 30.3. The van der Waals surface area contributed by atoms with Gasteiger partial charge in [0, 0.05) is 0 Å². The third kappa shape index (κ3) is 6.28. The van der Waals surface area contributed by atoms with Crippen LogP contribution in [0.25, 0.3) is 0 Å². The fourth-order valence-corrected chi connectivity index (χ4v) is 4.15. The Morgan fingerprint density at radius 1 is 0.792 bits per heavy atom. The van der Waals surface area contributed by atoms with E-state index in [1.165, 1.54) is 51.4 Å². The minimum Gasteiger partial charge on any atom is -0.418 e. The van der Waals surface area contributed by atoms with Crippen LogP contribution in [0.4, 0.5) is 17.3 Å². The van der Waals surface area contributed by atoms with Crippen LogP contribution in [-0.4, -0.2) is 47.2 Å². The van der Waals surface area contributed by atoms with E-state index >= 15 is 0 Å². The molecular formula is C17H33BF4N2.